The molecule has 0 aromatic heterocycles. The molecule has 118 valence electrons. The Labute approximate surface area is 128 Å². The van der Waals surface area contributed by atoms with Crippen molar-refractivity contribution in [2.75, 3.05) is 6.61 Å². The van der Waals surface area contributed by atoms with Gasteiger partial charge in [0.1, 0.15) is 6.61 Å². The summed E-state index contributed by atoms with van der Waals surface area (Å²) in [5.74, 6) is 0.187. The van der Waals surface area contributed by atoms with E-state index in [1.165, 1.54) is 0 Å². The van der Waals surface area contributed by atoms with Crippen molar-refractivity contribution in [3.63, 3.8) is 0 Å². The molecule has 0 heterocycles. The van der Waals surface area contributed by atoms with E-state index >= 15 is 0 Å². The summed E-state index contributed by atoms with van der Waals surface area (Å²) in [6.07, 6.45) is 1.99. The molecule has 1 aromatic rings. The maximum atomic E-state index is 12.0. The molecule has 21 heavy (non-hydrogen) atoms. The van der Waals surface area contributed by atoms with Gasteiger partial charge in [-0.15, -0.1) is 0 Å². The molecule has 0 aliphatic heterocycles. The van der Waals surface area contributed by atoms with E-state index in [1.54, 1.807) is 12.1 Å². The first-order chi connectivity index (χ1) is 9.97. The number of carbonyl (C=O) groups is 1. The van der Waals surface area contributed by atoms with Crippen molar-refractivity contribution in [1.29, 1.82) is 0 Å². The quantitative estimate of drug-likeness (QED) is 0.667. The molecule has 1 unspecified atom stereocenters. The van der Waals surface area contributed by atoms with E-state index in [-0.39, 0.29) is 18.2 Å². The third-order valence-corrected chi connectivity index (χ3v) is 3.66. The van der Waals surface area contributed by atoms with Crippen molar-refractivity contribution in [3.05, 3.63) is 35.4 Å². The smallest absolute Gasteiger partial charge is 0.338 e. The average molecular weight is 292 g/mol. The van der Waals surface area contributed by atoms with E-state index in [0.717, 1.165) is 18.4 Å². The summed E-state index contributed by atoms with van der Waals surface area (Å²) in [7, 11) is 0. The minimum Gasteiger partial charge on any atom is -0.459 e. The summed E-state index contributed by atoms with van der Waals surface area (Å²) in [5, 5.41) is 0. The van der Waals surface area contributed by atoms with Crippen LogP contribution in [0.1, 0.15) is 56.5 Å². The van der Waals surface area contributed by atoms with Crippen molar-refractivity contribution >= 4 is 5.97 Å². The Bertz CT molecular complexity index is 423. The lowest BCUT2D eigenvalue weighted by atomic mass is 10.0. The zero-order valence-corrected chi connectivity index (χ0v) is 13.9. The van der Waals surface area contributed by atoms with Crippen molar-refractivity contribution in [3.8, 4) is 0 Å². The van der Waals surface area contributed by atoms with Crippen molar-refractivity contribution < 1.29 is 14.3 Å². The molecule has 0 saturated carbocycles. The van der Waals surface area contributed by atoms with Crippen LogP contribution in [0.15, 0.2) is 24.3 Å². The van der Waals surface area contributed by atoms with Crippen LogP contribution in [0.2, 0.25) is 0 Å². The Morgan fingerprint density at radius 2 is 1.71 bits per heavy atom. The van der Waals surface area contributed by atoms with Gasteiger partial charge in [0.25, 0.3) is 0 Å². The van der Waals surface area contributed by atoms with Crippen LogP contribution in [-0.2, 0) is 9.47 Å². The predicted octanol–water partition coefficient (Wildman–Crippen LogP) is 4.38. The van der Waals surface area contributed by atoms with E-state index in [2.05, 4.69) is 27.7 Å². The molecule has 0 spiro atoms. The first kappa shape index (κ1) is 17.7. The monoisotopic (exact) mass is 292 g/mol. The SMILES string of the molecule is CCC(O[C@@H](CC)COC(=O)c1ccc(C)cc1)C(C)C. The Morgan fingerprint density at radius 1 is 1.10 bits per heavy atom. The van der Waals surface area contributed by atoms with Crippen LogP contribution >= 0.6 is 0 Å². The highest BCUT2D eigenvalue weighted by Crippen LogP contribution is 2.15. The fourth-order valence-corrected chi connectivity index (χ4v) is 2.17. The molecule has 3 nitrogen and oxygen atoms in total. The minimum atomic E-state index is -0.283. The largest absolute Gasteiger partial charge is 0.459 e. The lowest BCUT2D eigenvalue weighted by Gasteiger charge is -2.25. The first-order valence-electron chi connectivity index (χ1n) is 7.87. The van der Waals surface area contributed by atoms with Gasteiger partial charge in [-0.3, -0.25) is 0 Å². The fraction of sp³-hybridized carbons (Fsp3) is 0.611. The molecule has 0 aliphatic rings. The van der Waals surface area contributed by atoms with Gasteiger partial charge >= 0.3 is 5.97 Å². The van der Waals surface area contributed by atoms with Crippen LogP contribution < -0.4 is 0 Å². The van der Waals surface area contributed by atoms with E-state index in [9.17, 15) is 4.79 Å². The van der Waals surface area contributed by atoms with Gasteiger partial charge in [0.05, 0.1) is 17.8 Å². The number of rotatable bonds is 8. The molecule has 3 heteroatoms. The molecule has 0 saturated heterocycles. The standard InChI is InChI=1S/C18H28O3/c1-6-16(21-17(7-2)13(3)4)12-20-18(19)15-10-8-14(5)9-11-15/h8-11,13,16-17H,6-7,12H2,1-5H3/t16-,17?/m0/s1. The Kier molecular flexibility index (Phi) is 7.44. The number of hydrogen-bond acceptors (Lipinski definition) is 3. The summed E-state index contributed by atoms with van der Waals surface area (Å²) >= 11 is 0. The van der Waals surface area contributed by atoms with E-state index < -0.39 is 0 Å². The van der Waals surface area contributed by atoms with E-state index in [0.29, 0.717) is 18.1 Å². The molecule has 0 N–H and O–H groups in total. The van der Waals surface area contributed by atoms with Crippen LogP contribution in [0.4, 0.5) is 0 Å². The maximum Gasteiger partial charge on any atom is 0.338 e. The molecule has 1 aromatic carbocycles. The van der Waals surface area contributed by atoms with Crippen LogP contribution in [-0.4, -0.2) is 24.8 Å². The first-order valence-corrected chi connectivity index (χ1v) is 7.87. The van der Waals surface area contributed by atoms with Gasteiger partial charge in [-0.05, 0) is 37.8 Å². The maximum absolute atomic E-state index is 12.0. The highest BCUT2D eigenvalue weighted by Gasteiger charge is 2.19. The number of carbonyl (C=O) groups excluding carboxylic acids is 1. The number of benzene rings is 1. The molecule has 0 fully saturated rings. The van der Waals surface area contributed by atoms with Gasteiger partial charge in [0.2, 0.25) is 0 Å². The highest BCUT2D eigenvalue weighted by atomic mass is 16.6. The van der Waals surface area contributed by atoms with Crippen LogP contribution in [0.5, 0.6) is 0 Å². The molecular formula is C18H28O3. The number of aryl methyl sites for hydroxylation is 1. The van der Waals surface area contributed by atoms with Crippen LogP contribution in [0.25, 0.3) is 0 Å². The third-order valence-electron chi connectivity index (χ3n) is 3.66. The zero-order valence-electron chi connectivity index (χ0n) is 13.9. The van der Waals surface area contributed by atoms with Gasteiger partial charge in [-0.2, -0.15) is 0 Å². The molecule has 0 aliphatic carbocycles. The molecule has 0 bridgehead atoms. The predicted molar refractivity (Wildman–Crippen MR) is 85.5 cm³/mol. The van der Waals surface area contributed by atoms with Crippen LogP contribution in [0.3, 0.4) is 0 Å². The summed E-state index contributed by atoms with van der Waals surface area (Å²) in [6.45, 7) is 10.8. The topological polar surface area (TPSA) is 35.5 Å². The molecule has 0 radical (unpaired) electrons. The van der Waals surface area contributed by atoms with E-state index in [4.69, 9.17) is 9.47 Å². The van der Waals surface area contributed by atoms with Gasteiger partial charge < -0.3 is 9.47 Å². The second kappa shape index (κ2) is 8.83. The summed E-state index contributed by atoms with van der Waals surface area (Å²) in [4.78, 5) is 12.0. The average Bonchev–Trinajstić information content (AvgIpc) is 2.47. The second-order valence-corrected chi connectivity index (χ2v) is 5.82. The van der Waals surface area contributed by atoms with Gasteiger partial charge in [-0.25, -0.2) is 4.79 Å². The van der Waals surface area contributed by atoms with E-state index in [1.807, 2.05) is 19.1 Å². The van der Waals surface area contributed by atoms with Gasteiger partial charge in [0.15, 0.2) is 0 Å². The normalized spacial score (nSPS) is 14.0. The van der Waals surface area contributed by atoms with Crippen molar-refractivity contribution in [2.24, 2.45) is 5.92 Å². The third kappa shape index (κ3) is 5.88. The molecular weight excluding hydrogens is 264 g/mol. The second-order valence-electron chi connectivity index (χ2n) is 5.82. The Morgan fingerprint density at radius 3 is 2.19 bits per heavy atom. The summed E-state index contributed by atoms with van der Waals surface area (Å²) < 4.78 is 11.4. The number of hydrogen-bond donors (Lipinski definition) is 0. The Balaban J connectivity index is 2.50. The molecule has 1 rings (SSSR count). The summed E-state index contributed by atoms with van der Waals surface area (Å²) in [5.41, 5.74) is 1.72. The van der Waals surface area contributed by atoms with Gasteiger partial charge in [0, 0.05) is 0 Å². The van der Waals surface area contributed by atoms with Crippen molar-refractivity contribution in [1.82, 2.24) is 0 Å². The summed E-state index contributed by atoms with van der Waals surface area (Å²) in [6, 6.07) is 7.41. The highest BCUT2D eigenvalue weighted by molar-refractivity contribution is 5.89. The van der Waals surface area contributed by atoms with Gasteiger partial charge in [-0.1, -0.05) is 45.4 Å². The fourth-order valence-electron chi connectivity index (χ4n) is 2.17. The molecule has 2 atom stereocenters. The number of esters is 1. The minimum absolute atomic E-state index is 0.0354. The lowest BCUT2D eigenvalue weighted by Crippen LogP contribution is -2.29. The Hall–Kier alpha value is -1.35. The molecule has 0 amide bonds. The lowest BCUT2D eigenvalue weighted by molar-refractivity contribution is -0.0659. The number of ether oxygens (including phenoxy) is 2. The van der Waals surface area contributed by atoms with Crippen LogP contribution in [0, 0.1) is 12.8 Å². The van der Waals surface area contributed by atoms with Crippen molar-refractivity contribution in [2.45, 2.75) is 59.7 Å². The zero-order chi connectivity index (χ0) is 15.8.